The van der Waals surface area contributed by atoms with Gasteiger partial charge in [-0.2, -0.15) is 4.98 Å². The summed E-state index contributed by atoms with van der Waals surface area (Å²) in [6.45, 7) is 3.19. The van der Waals surface area contributed by atoms with Gasteiger partial charge in [0.25, 0.3) is 5.91 Å². The number of morpholine rings is 1. The van der Waals surface area contributed by atoms with E-state index in [1.807, 2.05) is 5.01 Å². The first-order chi connectivity index (χ1) is 18.0. The lowest BCUT2D eigenvalue weighted by atomic mass is 10.0. The highest BCUT2D eigenvalue weighted by Crippen LogP contribution is 2.51. The number of benzene rings is 1. The van der Waals surface area contributed by atoms with Crippen molar-refractivity contribution in [1.82, 2.24) is 20.4 Å². The number of fused-ring (bicyclic) bond motifs is 1. The Hall–Kier alpha value is -3.44. The number of carbonyl (C=O) groups is 2. The summed E-state index contributed by atoms with van der Waals surface area (Å²) in [5.41, 5.74) is 4.40. The minimum Gasteiger partial charge on any atom is -0.495 e. The molecule has 2 saturated carbocycles. The van der Waals surface area contributed by atoms with Crippen LogP contribution in [0.5, 0.6) is 5.75 Å². The number of hydrazine groups is 1. The predicted octanol–water partition coefficient (Wildman–Crippen LogP) is 2.69. The van der Waals surface area contributed by atoms with Gasteiger partial charge in [0.15, 0.2) is 5.82 Å². The number of anilines is 4. The van der Waals surface area contributed by atoms with Crippen LogP contribution < -0.4 is 25.7 Å². The van der Waals surface area contributed by atoms with Crippen molar-refractivity contribution < 1.29 is 19.1 Å². The summed E-state index contributed by atoms with van der Waals surface area (Å²) in [4.78, 5) is 37.4. The molecule has 11 heteroatoms. The molecule has 1 spiro atoms. The van der Waals surface area contributed by atoms with Crippen molar-refractivity contribution in [1.29, 1.82) is 0 Å². The van der Waals surface area contributed by atoms with Crippen LogP contribution in [0.1, 0.15) is 48.9 Å². The quantitative estimate of drug-likeness (QED) is 0.542. The molecule has 4 aliphatic rings. The van der Waals surface area contributed by atoms with Gasteiger partial charge >= 0.3 is 0 Å². The third-order valence-electron chi connectivity index (χ3n) is 7.84. The smallest absolute Gasteiger partial charge is 0.265 e. The fourth-order valence-electron chi connectivity index (χ4n) is 5.46. The van der Waals surface area contributed by atoms with Gasteiger partial charge < -0.3 is 25.0 Å². The van der Waals surface area contributed by atoms with Gasteiger partial charge in [0.05, 0.1) is 37.6 Å². The molecule has 6 rings (SSSR count). The first-order valence-corrected chi connectivity index (χ1v) is 13.1. The molecule has 2 amide bonds. The van der Waals surface area contributed by atoms with Gasteiger partial charge in [-0.1, -0.05) is 12.8 Å². The molecule has 0 unspecified atom stereocenters. The molecule has 0 radical (unpaired) electrons. The highest BCUT2D eigenvalue weighted by molar-refractivity contribution is 6.01. The second-order valence-electron chi connectivity index (χ2n) is 10.3. The SMILES string of the molecule is COc1cc(C(=O)NN2CCOCC2)ccc1Nc1ncc2c(n1)N(C1CCCC1)CC1(CC1)C(=O)N2. The molecule has 3 fully saturated rings. The monoisotopic (exact) mass is 507 g/mol. The zero-order chi connectivity index (χ0) is 25.4. The van der Waals surface area contributed by atoms with Gasteiger partial charge in [0.2, 0.25) is 11.9 Å². The van der Waals surface area contributed by atoms with Gasteiger partial charge in [-0.3, -0.25) is 15.0 Å². The maximum absolute atomic E-state index is 12.9. The van der Waals surface area contributed by atoms with Gasteiger partial charge in [0, 0.05) is 31.2 Å². The van der Waals surface area contributed by atoms with Crippen molar-refractivity contribution in [2.75, 3.05) is 55.5 Å². The van der Waals surface area contributed by atoms with Gasteiger partial charge in [-0.05, 0) is 43.9 Å². The first-order valence-electron chi connectivity index (χ1n) is 13.1. The standard InChI is InChI=1S/C26H33N7O4/c1-36-21-14-17(23(34)31-32-10-12-37-13-11-32)6-7-19(21)29-25-27-15-20-22(30-25)33(18-4-2-3-5-18)16-26(8-9-26)24(35)28-20/h6-7,14-15,18H,2-5,8-13,16H2,1H3,(H,28,35)(H,31,34)(H,27,29,30). The fraction of sp³-hybridized carbons (Fsp3) is 0.538. The maximum atomic E-state index is 12.9. The highest BCUT2D eigenvalue weighted by Gasteiger charge is 2.53. The average molecular weight is 508 g/mol. The topological polar surface area (TPSA) is 121 Å². The van der Waals surface area contributed by atoms with Crippen molar-refractivity contribution in [3.05, 3.63) is 30.0 Å². The second kappa shape index (κ2) is 9.79. The molecule has 3 heterocycles. The molecule has 2 aromatic rings. The Balaban J connectivity index is 1.24. The van der Waals surface area contributed by atoms with Crippen molar-refractivity contribution in [2.45, 2.75) is 44.6 Å². The van der Waals surface area contributed by atoms with Crippen molar-refractivity contribution >= 4 is 35.0 Å². The Kier molecular flexibility index (Phi) is 6.33. The zero-order valence-corrected chi connectivity index (χ0v) is 21.1. The number of carbonyl (C=O) groups excluding carboxylic acids is 2. The Labute approximate surface area is 215 Å². The summed E-state index contributed by atoms with van der Waals surface area (Å²) >= 11 is 0. The minimum atomic E-state index is -0.308. The number of ether oxygens (including phenoxy) is 2. The van der Waals surface area contributed by atoms with E-state index in [0.717, 1.165) is 31.5 Å². The maximum Gasteiger partial charge on any atom is 0.265 e. The summed E-state index contributed by atoms with van der Waals surface area (Å²) in [6.07, 6.45) is 8.13. The predicted molar refractivity (Wildman–Crippen MR) is 138 cm³/mol. The van der Waals surface area contributed by atoms with Crippen LogP contribution in [-0.4, -0.2) is 72.8 Å². The Bertz CT molecular complexity index is 1190. The van der Waals surface area contributed by atoms with Crippen LogP contribution in [0.2, 0.25) is 0 Å². The van der Waals surface area contributed by atoms with E-state index in [-0.39, 0.29) is 17.2 Å². The second-order valence-corrected chi connectivity index (χ2v) is 10.3. The van der Waals surface area contributed by atoms with Crippen LogP contribution in [0.4, 0.5) is 23.1 Å². The number of nitrogens with zero attached hydrogens (tertiary/aromatic N) is 4. The summed E-state index contributed by atoms with van der Waals surface area (Å²) < 4.78 is 10.9. The van der Waals surface area contributed by atoms with E-state index in [9.17, 15) is 9.59 Å². The van der Waals surface area contributed by atoms with Crippen molar-refractivity contribution in [3.63, 3.8) is 0 Å². The number of aromatic nitrogens is 2. The fourth-order valence-corrected chi connectivity index (χ4v) is 5.46. The summed E-state index contributed by atoms with van der Waals surface area (Å²) in [6, 6.07) is 5.61. The van der Waals surface area contributed by atoms with Crippen molar-refractivity contribution in [3.8, 4) is 5.75 Å². The molecule has 37 heavy (non-hydrogen) atoms. The lowest BCUT2D eigenvalue weighted by Crippen LogP contribution is -2.48. The molecule has 1 aromatic heterocycles. The summed E-state index contributed by atoms with van der Waals surface area (Å²) in [5.74, 6) is 1.55. The lowest BCUT2D eigenvalue weighted by molar-refractivity contribution is -0.120. The molecule has 1 saturated heterocycles. The van der Waals surface area contributed by atoms with E-state index >= 15 is 0 Å². The average Bonchev–Trinajstić information content (AvgIpc) is 3.54. The Morgan fingerprint density at radius 2 is 2.00 bits per heavy atom. The molecule has 2 aliphatic carbocycles. The number of rotatable bonds is 6. The number of amides is 2. The van der Waals surface area contributed by atoms with Crippen molar-refractivity contribution in [2.24, 2.45) is 5.41 Å². The number of hydrogen-bond acceptors (Lipinski definition) is 9. The highest BCUT2D eigenvalue weighted by atomic mass is 16.5. The van der Waals surface area contributed by atoms with E-state index in [1.54, 1.807) is 31.5 Å². The van der Waals surface area contributed by atoms with Crippen LogP contribution in [0.25, 0.3) is 0 Å². The third kappa shape index (κ3) is 4.80. The van der Waals surface area contributed by atoms with Gasteiger partial charge in [0.1, 0.15) is 11.4 Å². The van der Waals surface area contributed by atoms with E-state index in [1.165, 1.54) is 12.8 Å². The molecule has 196 valence electrons. The Morgan fingerprint density at radius 1 is 1.22 bits per heavy atom. The van der Waals surface area contributed by atoms with Crippen LogP contribution in [0.3, 0.4) is 0 Å². The van der Waals surface area contributed by atoms with Crippen LogP contribution >= 0.6 is 0 Å². The first kappa shape index (κ1) is 23.9. The van der Waals surface area contributed by atoms with E-state index < -0.39 is 0 Å². The molecule has 11 nitrogen and oxygen atoms in total. The van der Waals surface area contributed by atoms with E-state index in [0.29, 0.717) is 67.5 Å². The molecule has 1 aromatic carbocycles. The van der Waals surface area contributed by atoms with E-state index in [4.69, 9.17) is 14.5 Å². The minimum absolute atomic E-state index is 0.0752. The molecule has 2 aliphatic heterocycles. The molecular weight excluding hydrogens is 474 g/mol. The number of methoxy groups -OCH3 is 1. The Morgan fingerprint density at radius 3 is 2.73 bits per heavy atom. The molecule has 0 atom stereocenters. The number of nitrogens with one attached hydrogen (secondary N) is 3. The molecule has 0 bridgehead atoms. The molecule has 3 N–H and O–H groups in total. The normalized spacial score (nSPS) is 21.2. The third-order valence-corrected chi connectivity index (χ3v) is 7.84. The van der Waals surface area contributed by atoms with Gasteiger partial charge in [-0.25, -0.2) is 9.99 Å². The largest absolute Gasteiger partial charge is 0.495 e. The van der Waals surface area contributed by atoms with Crippen LogP contribution in [0.15, 0.2) is 24.4 Å². The number of hydrogen-bond donors (Lipinski definition) is 3. The van der Waals surface area contributed by atoms with Crippen LogP contribution in [-0.2, 0) is 9.53 Å². The summed E-state index contributed by atoms with van der Waals surface area (Å²) in [7, 11) is 1.56. The van der Waals surface area contributed by atoms with Crippen LogP contribution in [0, 0.1) is 5.41 Å². The van der Waals surface area contributed by atoms with Gasteiger partial charge in [-0.15, -0.1) is 0 Å². The van der Waals surface area contributed by atoms with E-state index in [2.05, 4.69) is 25.9 Å². The lowest BCUT2D eigenvalue weighted by Gasteiger charge is -2.31. The summed E-state index contributed by atoms with van der Waals surface area (Å²) in [5, 5.41) is 8.19. The molecular formula is C26H33N7O4. The zero-order valence-electron chi connectivity index (χ0n) is 21.1.